The summed E-state index contributed by atoms with van der Waals surface area (Å²) in [5.74, 6) is 0.358. The maximum Gasteiger partial charge on any atom is 0.230 e. The molecule has 0 radical (unpaired) electrons. The number of carbonyl (C=O) groups is 1. The molecule has 2 aliphatic heterocycles. The smallest absolute Gasteiger partial charge is 0.230 e. The van der Waals surface area contributed by atoms with Crippen LogP contribution >= 0.6 is 0 Å². The second kappa shape index (κ2) is 5.30. The van der Waals surface area contributed by atoms with E-state index < -0.39 is 8.32 Å². The van der Waals surface area contributed by atoms with Gasteiger partial charge in [-0.3, -0.25) is 4.79 Å². The molecule has 3 atom stereocenters. The van der Waals surface area contributed by atoms with Crippen molar-refractivity contribution < 1.29 is 9.22 Å². The predicted octanol–water partition coefficient (Wildman–Crippen LogP) is 3.57. The first-order chi connectivity index (χ1) is 9.15. The van der Waals surface area contributed by atoms with Crippen molar-refractivity contribution in [3.8, 4) is 0 Å². The summed E-state index contributed by atoms with van der Waals surface area (Å²) in [4.78, 5) is 14.4. The van der Waals surface area contributed by atoms with E-state index in [2.05, 4.69) is 52.9 Å². The van der Waals surface area contributed by atoms with Crippen molar-refractivity contribution in [2.45, 2.75) is 70.8 Å². The zero-order chi connectivity index (χ0) is 15.1. The summed E-state index contributed by atoms with van der Waals surface area (Å²) in [7, 11) is -1.80. The molecule has 0 aromatic heterocycles. The third-order valence-corrected chi connectivity index (χ3v) is 9.83. The second-order valence-electron chi connectivity index (χ2n) is 7.70. The Bertz CT molecular complexity index is 411. The minimum atomic E-state index is -1.80. The van der Waals surface area contributed by atoms with E-state index in [1.807, 2.05) is 4.90 Å². The Kier molecular flexibility index (Phi) is 4.18. The van der Waals surface area contributed by atoms with Gasteiger partial charge in [0.15, 0.2) is 8.32 Å². The normalized spacial score (nSPS) is 28.7. The number of amides is 1. The molecule has 4 heteroatoms. The maximum absolute atomic E-state index is 12.4. The van der Waals surface area contributed by atoms with Gasteiger partial charge in [0.05, 0.1) is 12.0 Å². The SMILES string of the molecule is C[C@@H](O[Si](C)(C)C(C)(C)C)[C@H]1C(=O)N2CCC=CC[C@H]12. The van der Waals surface area contributed by atoms with Crippen LogP contribution < -0.4 is 0 Å². The average Bonchev–Trinajstić information content (AvgIpc) is 2.49. The lowest BCUT2D eigenvalue weighted by Crippen LogP contribution is -2.65. The van der Waals surface area contributed by atoms with Crippen molar-refractivity contribution in [1.29, 1.82) is 0 Å². The number of nitrogens with zero attached hydrogens (tertiary/aromatic N) is 1. The van der Waals surface area contributed by atoms with Crippen molar-refractivity contribution in [1.82, 2.24) is 4.90 Å². The fraction of sp³-hybridized carbons (Fsp3) is 0.812. The Hall–Kier alpha value is -0.613. The largest absolute Gasteiger partial charge is 0.413 e. The van der Waals surface area contributed by atoms with Crippen molar-refractivity contribution in [2.24, 2.45) is 5.92 Å². The number of fused-ring (bicyclic) bond motifs is 1. The van der Waals surface area contributed by atoms with Crippen LogP contribution in [0.2, 0.25) is 18.1 Å². The highest BCUT2D eigenvalue weighted by atomic mass is 28.4. The highest BCUT2D eigenvalue weighted by molar-refractivity contribution is 6.74. The van der Waals surface area contributed by atoms with E-state index in [1.165, 1.54) is 0 Å². The molecule has 2 aliphatic rings. The summed E-state index contributed by atoms with van der Waals surface area (Å²) in [5, 5.41) is 0.192. The van der Waals surface area contributed by atoms with Crippen LogP contribution in [0, 0.1) is 5.92 Å². The van der Waals surface area contributed by atoms with Gasteiger partial charge in [0.2, 0.25) is 5.91 Å². The number of carbonyl (C=O) groups excluding carboxylic acids is 1. The highest BCUT2D eigenvalue weighted by Crippen LogP contribution is 2.41. The second-order valence-corrected chi connectivity index (χ2v) is 12.5. The van der Waals surface area contributed by atoms with E-state index >= 15 is 0 Å². The van der Waals surface area contributed by atoms with Gasteiger partial charge in [0.25, 0.3) is 0 Å². The van der Waals surface area contributed by atoms with Crippen molar-refractivity contribution >= 4 is 14.2 Å². The number of hydrogen-bond acceptors (Lipinski definition) is 2. The Labute approximate surface area is 124 Å². The van der Waals surface area contributed by atoms with Crippen LogP contribution in [-0.4, -0.2) is 37.8 Å². The lowest BCUT2D eigenvalue weighted by Gasteiger charge is -2.51. The lowest BCUT2D eigenvalue weighted by atomic mass is 9.82. The number of β-lactam (4-membered cyclic amide) rings is 1. The first-order valence-corrected chi connectivity index (χ1v) is 10.7. The van der Waals surface area contributed by atoms with Gasteiger partial charge < -0.3 is 9.33 Å². The lowest BCUT2D eigenvalue weighted by molar-refractivity contribution is -0.162. The van der Waals surface area contributed by atoms with Crippen LogP contribution in [-0.2, 0) is 9.22 Å². The standard InChI is InChI=1S/C16H29NO2Si/c1-12(19-20(5,6)16(2,3)4)14-13-10-8-7-9-11-17(13)15(14)18/h7-8,12-14H,9-11H2,1-6H3/t12-,13-,14-/m1/s1. The van der Waals surface area contributed by atoms with Gasteiger partial charge in [-0.1, -0.05) is 32.9 Å². The van der Waals surface area contributed by atoms with Crippen molar-refractivity contribution in [3.63, 3.8) is 0 Å². The van der Waals surface area contributed by atoms with Gasteiger partial charge in [-0.15, -0.1) is 0 Å². The summed E-state index contributed by atoms with van der Waals surface area (Å²) >= 11 is 0. The van der Waals surface area contributed by atoms with E-state index in [0.717, 1.165) is 19.4 Å². The summed E-state index contributed by atoms with van der Waals surface area (Å²) in [6.07, 6.45) is 6.44. The molecule has 0 N–H and O–H groups in total. The number of rotatable bonds is 3. The zero-order valence-corrected chi connectivity index (χ0v) is 14.8. The molecule has 0 saturated carbocycles. The van der Waals surface area contributed by atoms with E-state index in [-0.39, 0.29) is 17.1 Å². The van der Waals surface area contributed by atoms with Crippen LogP contribution in [0.4, 0.5) is 0 Å². The molecule has 3 nitrogen and oxygen atoms in total. The third-order valence-electron chi connectivity index (χ3n) is 5.26. The molecule has 2 heterocycles. The highest BCUT2D eigenvalue weighted by Gasteiger charge is 2.51. The Morgan fingerprint density at radius 1 is 1.35 bits per heavy atom. The minimum absolute atomic E-state index is 0.0381. The molecule has 0 aliphatic carbocycles. The quantitative estimate of drug-likeness (QED) is 0.452. The maximum atomic E-state index is 12.4. The molecule has 0 aromatic carbocycles. The molecule has 20 heavy (non-hydrogen) atoms. The van der Waals surface area contributed by atoms with Gasteiger partial charge in [0, 0.05) is 12.6 Å². The van der Waals surface area contributed by atoms with Gasteiger partial charge in [-0.25, -0.2) is 0 Å². The van der Waals surface area contributed by atoms with Crippen molar-refractivity contribution in [2.75, 3.05) is 6.54 Å². The van der Waals surface area contributed by atoms with E-state index in [9.17, 15) is 4.79 Å². The molecular formula is C16H29NO2Si. The monoisotopic (exact) mass is 295 g/mol. The first-order valence-electron chi connectivity index (χ1n) is 7.78. The predicted molar refractivity (Wildman–Crippen MR) is 85.1 cm³/mol. The van der Waals surface area contributed by atoms with Crippen LogP contribution in [0.15, 0.2) is 12.2 Å². The van der Waals surface area contributed by atoms with Crippen LogP contribution in [0.1, 0.15) is 40.5 Å². The van der Waals surface area contributed by atoms with Gasteiger partial charge in [-0.2, -0.15) is 0 Å². The Morgan fingerprint density at radius 3 is 2.60 bits per heavy atom. The fourth-order valence-electron chi connectivity index (χ4n) is 2.98. The molecule has 0 unspecified atom stereocenters. The molecule has 1 fully saturated rings. The summed E-state index contributed by atoms with van der Waals surface area (Å²) in [6.45, 7) is 14.2. The topological polar surface area (TPSA) is 29.5 Å². The molecular weight excluding hydrogens is 266 g/mol. The summed E-state index contributed by atoms with van der Waals surface area (Å²) in [5.41, 5.74) is 0. The van der Waals surface area contributed by atoms with Crippen LogP contribution in [0.3, 0.4) is 0 Å². The van der Waals surface area contributed by atoms with E-state index in [0.29, 0.717) is 11.9 Å². The molecule has 1 saturated heterocycles. The Morgan fingerprint density at radius 2 is 2.00 bits per heavy atom. The molecule has 2 rings (SSSR count). The van der Waals surface area contributed by atoms with Gasteiger partial charge >= 0.3 is 0 Å². The molecule has 1 amide bonds. The zero-order valence-electron chi connectivity index (χ0n) is 13.8. The molecule has 0 bridgehead atoms. The summed E-state index contributed by atoms with van der Waals surface area (Å²) in [6, 6.07) is 0.362. The van der Waals surface area contributed by atoms with E-state index in [4.69, 9.17) is 4.43 Å². The average molecular weight is 295 g/mol. The molecule has 0 spiro atoms. The molecule has 114 valence electrons. The molecule has 0 aromatic rings. The van der Waals surface area contributed by atoms with Gasteiger partial charge in [0.1, 0.15) is 0 Å². The Balaban J connectivity index is 2.05. The number of hydrogen-bond donors (Lipinski definition) is 0. The van der Waals surface area contributed by atoms with Crippen molar-refractivity contribution in [3.05, 3.63) is 12.2 Å². The third kappa shape index (κ3) is 2.73. The minimum Gasteiger partial charge on any atom is -0.413 e. The van der Waals surface area contributed by atoms with Gasteiger partial charge in [-0.05, 0) is 37.9 Å². The fourth-order valence-corrected chi connectivity index (χ4v) is 4.41. The van der Waals surface area contributed by atoms with Crippen LogP contribution in [0.25, 0.3) is 0 Å². The first kappa shape index (κ1) is 15.8. The summed E-state index contributed by atoms with van der Waals surface area (Å²) < 4.78 is 6.43. The van der Waals surface area contributed by atoms with Crippen LogP contribution in [0.5, 0.6) is 0 Å². The van der Waals surface area contributed by atoms with E-state index in [1.54, 1.807) is 0 Å².